The summed E-state index contributed by atoms with van der Waals surface area (Å²) in [4.78, 5) is 23.2. The Kier molecular flexibility index (Phi) is 2.55. The van der Waals surface area contributed by atoms with Gasteiger partial charge in [-0.1, -0.05) is 0 Å². The summed E-state index contributed by atoms with van der Waals surface area (Å²) in [6.07, 6.45) is -2.38. The lowest BCUT2D eigenvalue weighted by Gasteiger charge is -2.02. The number of carbonyl (C=O) groups is 1. The van der Waals surface area contributed by atoms with Crippen LogP contribution in [-0.2, 0) is 0 Å². The minimum absolute atomic E-state index is 0.107. The van der Waals surface area contributed by atoms with Gasteiger partial charge in [-0.2, -0.15) is 0 Å². The number of rotatable bonds is 2. The van der Waals surface area contributed by atoms with E-state index in [-0.39, 0.29) is 11.1 Å². The Morgan fingerprint density at radius 3 is 2.54 bits per heavy atom. The van der Waals surface area contributed by atoms with Gasteiger partial charge in [0.15, 0.2) is 6.29 Å². The van der Waals surface area contributed by atoms with E-state index in [2.05, 4.69) is 0 Å². The molecule has 0 amide bonds. The first-order valence-corrected chi connectivity index (χ1v) is 3.53. The predicted octanol–water partition coefficient (Wildman–Crippen LogP) is 1.43. The van der Waals surface area contributed by atoms with Crippen LogP contribution in [0.1, 0.15) is 28.0 Å². The van der Waals surface area contributed by atoms with E-state index in [0.29, 0.717) is 6.29 Å². The van der Waals surface area contributed by atoms with Gasteiger partial charge in [-0.25, -0.2) is 8.78 Å². The molecule has 0 fully saturated rings. The number of aldehydes is 1. The average Bonchev–Trinajstić information content (AvgIpc) is 2.03. The number of aromatic amines is 1. The number of halogens is 2. The van der Waals surface area contributed by atoms with Gasteiger partial charge in [-0.05, 0) is 18.6 Å². The van der Waals surface area contributed by atoms with Crippen molar-refractivity contribution in [1.82, 2.24) is 4.98 Å². The van der Waals surface area contributed by atoms with Crippen molar-refractivity contribution in [2.75, 3.05) is 0 Å². The fourth-order valence-electron chi connectivity index (χ4n) is 0.989. The quantitative estimate of drug-likeness (QED) is 0.712. The number of alkyl halides is 2. The molecule has 1 aromatic rings. The number of hydrogen-bond donors (Lipinski definition) is 1. The van der Waals surface area contributed by atoms with E-state index in [1.165, 1.54) is 6.92 Å². The Labute approximate surface area is 72.4 Å². The molecule has 0 aliphatic rings. The number of carbonyl (C=O) groups excluding carboxylic acids is 1. The van der Waals surface area contributed by atoms with Crippen LogP contribution in [0.5, 0.6) is 0 Å². The summed E-state index contributed by atoms with van der Waals surface area (Å²) < 4.78 is 24.2. The maximum absolute atomic E-state index is 12.1. The van der Waals surface area contributed by atoms with E-state index in [0.717, 1.165) is 6.07 Å². The van der Waals surface area contributed by atoms with Crippen molar-refractivity contribution in [3.63, 3.8) is 0 Å². The lowest BCUT2D eigenvalue weighted by molar-refractivity contribution is 0.112. The minimum Gasteiger partial charge on any atom is -0.320 e. The lowest BCUT2D eigenvalue weighted by Crippen LogP contribution is -2.16. The van der Waals surface area contributed by atoms with Crippen LogP contribution < -0.4 is 5.56 Å². The summed E-state index contributed by atoms with van der Waals surface area (Å²) in [5, 5.41) is 0. The Balaban J connectivity index is 3.37. The molecule has 0 saturated heterocycles. The summed E-state index contributed by atoms with van der Waals surface area (Å²) in [5.41, 5.74) is -1.09. The SMILES string of the molecule is Cc1cc(C(F)F)[nH]c(=O)c1C=O. The van der Waals surface area contributed by atoms with Crippen molar-refractivity contribution >= 4 is 6.29 Å². The van der Waals surface area contributed by atoms with Crippen molar-refractivity contribution in [2.45, 2.75) is 13.3 Å². The molecule has 0 atom stereocenters. The molecule has 13 heavy (non-hydrogen) atoms. The Morgan fingerprint density at radius 2 is 2.15 bits per heavy atom. The molecule has 1 rings (SSSR count). The summed E-state index contributed by atoms with van der Waals surface area (Å²) in [6, 6.07) is 1.09. The number of aromatic nitrogens is 1. The number of nitrogens with one attached hydrogen (secondary N) is 1. The summed E-state index contributed by atoms with van der Waals surface area (Å²) in [5.74, 6) is 0. The number of pyridine rings is 1. The molecule has 0 aliphatic carbocycles. The van der Waals surface area contributed by atoms with E-state index in [4.69, 9.17) is 0 Å². The molecule has 0 unspecified atom stereocenters. The van der Waals surface area contributed by atoms with E-state index in [1.54, 1.807) is 0 Å². The molecular weight excluding hydrogens is 180 g/mol. The van der Waals surface area contributed by atoms with Crippen LogP contribution in [0.25, 0.3) is 0 Å². The highest BCUT2D eigenvalue weighted by Gasteiger charge is 2.11. The fraction of sp³-hybridized carbons (Fsp3) is 0.250. The Hall–Kier alpha value is -1.52. The first-order valence-electron chi connectivity index (χ1n) is 3.53. The standard InChI is InChI=1S/C8H7F2NO2/c1-4-2-6(7(9)10)11-8(13)5(4)3-12/h2-3,7H,1H3,(H,11,13). The van der Waals surface area contributed by atoms with E-state index >= 15 is 0 Å². The van der Waals surface area contributed by atoms with Crippen LogP contribution in [0.4, 0.5) is 8.78 Å². The van der Waals surface area contributed by atoms with Crippen LogP contribution in [0.2, 0.25) is 0 Å². The normalized spacial score (nSPS) is 10.5. The zero-order chi connectivity index (χ0) is 10.0. The molecule has 0 radical (unpaired) electrons. The second kappa shape index (κ2) is 3.47. The Morgan fingerprint density at radius 1 is 1.54 bits per heavy atom. The molecule has 1 heterocycles. The van der Waals surface area contributed by atoms with Gasteiger partial charge in [-0.15, -0.1) is 0 Å². The third-order valence-electron chi connectivity index (χ3n) is 1.65. The second-order valence-corrected chi connectivity index (χ2v) is 2.57. The highest BCUT2D eigenvalue weighted by atomic mass is 19.3. The smallest absolute Gasteiger partial charge is 0.278 e. The van der Waals surface area contributed by atoms with Crippen LogP contribution in [0, 0.1) is 6.92 Å². The van der Waals surface area contributed by atoms with Gasteiger partial charge >= 0.3 is 0 Å². The maximum atomic E-state index is 12.1. The van der Waals surface area contributed by atoms with Gasteiger partial charge in [0.2, 0.25) is 0 Å². The van der Waals surface area contributed by atoms with Gasteiger partial charge in [0.05, 0.1) is 11.3 Å². The molecule has 1 N–H and O–H groups in total. The van der Waals surface area contributed by atoms with Gasteiger partial charge in [0.1, 0.15) is 0 Å². The molecule has 70 valence electrons. The molecule has 0 aliphatic heterocycles. The maximum Gasteiger partial charge on any atom is 0.278 e. The van der Waals surface area contributed by atoms with Crippen molar-refractivity contribution in [3.8, 4) is 0 Å². The summed E-state index contributed by atoms with van der Waals surface area (Å²) in [6.45, 7) is 1.44. The third-order valence-corrected chi connectivity index (χ3v) is 1.65. The number of hydrogen-bond acceptors (Lipinski definition) is 2. The molecule has 3 nitrogen and oxygen atoms in total. The molecular formula is C8H7F2NO2. The Bertz CT molecular complexity index is 384. The van der Waals surface area contributed by atoms with E-state index < -0.39 is 17.7 Å². The summed E-state index contributed by atoms with van der Waals surface area (Å²) in [7, 11) is 0. The lowest BCUT2D eigenvalue weighted by atomic mass is 10.1. The van der Waals surface area contributed by atoms with Gasteiger partial charge < -0.3 is 4.98 Å². The number of H-pyrrole nitrogens is 1. The fourth-order valence-corrected chi connectivity index (χ4v) is 0.989. The molecule has 1 aromatic heterocycles. The first kappa shape index (κ1) is 9.57. The van der Waals surface area contributed by atoms with Crippen LogP contribution in [0.15, 0.2) is 10.9 Å². The van der Waals surface area contributed by atoms with Gasteiger partial charge in [0, 0.05) is 0 Å². The topological polar surface area (TPSA) is 49.9 Å². The highest BCUT2D eigenvalue weighted by Crippen LogP contribution is 2.16. The molecule has 0 aromatic carbocycles. The largest absolute Gasteiger partial charge is 0.320 e. The van der Waals surface area contributed by atoms with Crippen molar-refractivity contribution in [2.24, 2.45) is 0 Å². The van der Waals surface area contributed by atoms with Crippen molar-refractivity contribution < 1.29 is 13.6 Å². The van der Waals surface area contributed by atoms with Gasteiger partial charge in [-0.3, -0.25) is 9.59 Å². The molecule has 0 saturated carbocycles. The monoisotopic (exact) mass is 187 g/mol. The minimum atomic E-state index is -2.73. The van der Waals surface area contributed by atoms with Crippen LogP contribution in [0.3, 0.4) is 0 Å². The highest BCUT2D eigenvalue weighted by molar-refractivity contribution is 5.76. The average molecular weight is 187 g/mol. The molecule has 0 bridgehead atoms. The molecule has 5 heteroatoms. The zero-order valence-corrected chi connectivity index (χ0v) is 6.80. The number of aryl methyl sites for hydroxylation is 1. The van der Waals surface area contributed by atoms with Crippen LogP contribution in [-0.4, -0.2) is 11.3 Å². The van der Waals surface area contributed by atoms with Crippen molar-refractivity contribution in [1.29, 1.82) is 0 Å². The summed E-state index contributed by atoms with van der Waals surface area (Å²) >= 11 is 0. The predicted molar refractivity (Wildman–Crippen MR) is 42.1 cm³/mol. The first-order chi connectivity index (χ1) is 6.06. The third kappa shape index (κ3) is 1.80. The van der Waals surface area contributed by atoms with Gasteiger partial charge in [0.25, 0.3) is 12.0 Å². The molecule has 0 spiro atoms. The van der Waals surface area contributed by atoms with E-state index in [1.807, 2.05) is 4.98 Å². The van der Waals surface area contributed by atoms with Crippen molar-refractivity contribution in [3.05, 3.63) is 33.2 Å². The van der Waals surface area contributed by atoms with E-state index in [9.17, 15) is 18.4 Å². The second-order valence-electron chi connectivity index (χ2n) is 2.57. The zero-order valence-electron chi connectivity index (χ0n) is 6.80. The van der Waals surface area contributed by atoms with Crippen LogP contribution >= 0.6 is 0 Å².